The highest BCUT2D eigenvalue weighted by Gasteiger charge is 2.25. The SMILES string of the molecule is C(=N\N(CC1CO1)c1ccccc1)/c1ccc(-c2cccs2)s1. The minimum Gasteiger partial charge on any atom is -0.371 e. The number of epoxide rings is 1. The minimum absolute atomic E-state index is 0.303. The van der Waals surface area contributed by atoms with Crippen LogP contribution in [0.5, 0.6) is 0 Å². The lowest BCUT2D eigenvalue weighted by molar-refractivity contribution is 0.408. The highest BCUT2D eigenvalue weighted by molar-refractivity contribution is 7.22. The van der Waals surface area contributed by atoms with E-state index in [4.69, 9.17) is 4.74 Å². The zero-order valence-corrected chi connectivity index (χ0v) is 14.1. The van der Waals surface area contributed by atoms with E-state index in [1.54, 1.807) is 22.7 Å². The predicted octanol–water partition coefficient (Wildman–Crippen LogP) is 4.72. The number of para-hydroxylation sites is 1. The van der Waals surface area contributed by atoms with E-state index in [0.717, 1.165) is 23.7 Å². The van der Waals surface area contributed by atoms with Crippen LogP contribution in [0.1, 0.15) is 4.88 Å². The molecule has 4 rings (SSSR count). The van der Waals surface area contributed by atoms with Crippen LogP contribution in [0.15, 0.2) is 65.1 Å². The smallest absolute Gasteiger partial charge is 0.101 e. The molecular formula is C18H16N2OS2. The first-order valence-corrected chi connectivity index (χ1v) is 9.20. The fraction of sp³-hybridized carbons (Fsp3) is 0.167. The Labute approximate surface area is 143 Å². The van der Waals surface area contributed by atoms with Crippen LogP contribution in [0.25, 0.3) is 9.75 Å². The topological polar surface area (TPSA) is 28.1 Å². The Morgan fingerprint density at radius 1 is 1.09 bits per heavy atom. The molecule has 3 aromatic rings. The van der Waals surface area contributed by atoms with Gasteiger partial charge in [0.05, 0.1) is 25.1 Å². The van der Waals surface area contributed by atoms with Gasteiger partial charge in [-0.2, -0.15) is 5.10 Å². The van der Waals surface area contributed by atoms with Crippen molar-refractivity contribution in [1.29, 1.82) is 0 Å². The van der Waals surface area contributed by atoms with Crippen LogP contribution >= 0.6 is 22.7 Å². The van der Waals surface area contributed by atoms with E-state index in [2.05, 4.69) is 46.9 Å². The number of rotatable bonds is 6. The maximum atomic E-state index is 5.35. The number of hydrogen-bond donors (Lipinski definition) is 0. The zero-order chi connectivity index (χ0) is 15.5. The number of thiophene rings is 2. The summed E-state index contributed by atoms with van der Waals surface area (Å²) in [6, 6.07) is 18.8. The Bertz CT molecular complexity index is 776. The van der Waals surface area contributed by atoms with Gasteiger partial charge in [0.25, 0.3) is 0 Å². The third-order valence-electron chi connectivity index (χ3n) is 3.55. The summed E-state index contributed by atoms with van der Waals surface area (Å²) in [5, 5.41) is 8.80. The lowest BCUT2D eigenvalue weighted by Crippen LogP contribution is -2.21. The quantitative estimate of drug-likeness (QED) is 0.369. The van der Waals surface area contributed by atoms with Gasteiger partial charge in [-0.1, -0.05) is 24.3 Å². The molecule has 116 valence electrons. The van der Waals surface area contributed by atoms with Gasteiger partial charge < -0.3 is 4.74 Å². The van der Waals surface area contributed by atoms with Gasteiger partial charge >= 0.3 is 0 Å². The standard InChI is InChI=1S/C18H16N2OS2/c1-2-5-14(6-3-1)20(12-15-13-21-15)19-11-16-8-9-18(23-16)17-7-4-10-22-17/h1-11,15H,12-13H2/b19-11+. The molecule has 0 bridgehead atoms. The summed E-state index contributed by atoms with van der Waals surface area (Å²) in [4.78, 5) is 3.75. The fourth-order valence-electron chi connectivity index (χ4n) is 2.29. The zero-order valence-electron chi connectivity index (χ0n) is 12.5. The molecule has 0 aliphatic carbocycles. The van der Waals surface area contributed by atoms with Crippen molar-refractivity contribution in [3.05, 3.63) is 64.9 Å². The normalized spacial score (nSPS) is 16.8. The van der Waals surface area contributed by atoms with Gasteiger partial charge in [0, 0.05) is 14.6 Å². The van der Waals surface area contributed by atoms with Crippen molar-refractivity contribution in [2.45, 2.75) is 6.10 Å². The monoisotopic (exact) mass is 340 g/mol. The highest BCUT2D eigenvalue weighted by atomic mass is 32.1. The summed E-state index contributed by atoms with van der Waals surface area (Å²) >= 11 is 3.53. The molecule has 1 saturated heterocycles. The Kier molecular flexibility index (Phi) is 4.24. The van der Waals surface area contributed by atoms with Crippen LogP contribution in [-0.2, 0) is 4.74 Å². The van der Waals surface area contributed by atoms with Crippen molar-refractivity contribution >= 4 is 34.6 Å². The number of nitrogens with zero attached hydrogens (tertiary/aromatic N) is 2. The Morgan fingerprint density at radius 3 is 2.70 bits per heavy atom. The maximum absolute atomic E-state index is 5.35. The van der Waals surface area contributed by atoms with Gasteiger partial charge in [0.15, 0.2) is 0 Å². The second kappa shape index (κ2) is 6.66. The van der Waals surface area contributed by atoms with Gasteiger partial charge in [-0.15, -0.1) is 22.7 Å². The molecule has 1 aliphatic rings. The largest absolute Gasteiger partial charge is 0.371 e. The Hall–Kier alpha value is -1.95. The van der Waals surface area contributed by atoms with E-state index in [9.17, 15) is 0 Å². The van der Waals surface area contributed by atoms with Crippen LogP contribution in [0.2, 0.25) is 0 Å². The van der Waals surface area contributed by atoms with E-state index in [-0.39, 0.29) is 0 Å². The molecule has 0 saturated carbocycles. The summed E-state index contributed by atoms with van der Waals surface area (Å²) in [5.74, 6) is 0. The second-order valence-corrected chi connectivity index (χ2v) is 7.36. The first-order chi connectivity index (χ1) is 11.4. The van der Waals surface area contributed by atoms with Crippen molar-refractivity contribution in [2.75, 3.05) is 18.2 Å². The first kappa shape index (κ1) is 14.6. The molecule has 0 amide bonds. The average molecular weight is 340 g/mol. The van der Waals surface area contributed by atoms with Crippen LogP contribution in [0, 0.1) is 0 Å². The molecule has 1 atom stereocenters. The van der Waals surface area contributed by atoms with Crippen molar-refractivity contribution in [3.8, 4) is 9.75 Å². The van der Waals surface area contributed by atoms with Crippen molar-refractivity contribution < 1.29 is 4.74 Å². The predicted molar refractivity (Wildman–Crippen MR) is 98.8 cm³/mol. The first-order valence-electron chi connectivity index (χ1n) is 7.50. The van der Waals surface area contributed by atoms with E-state index < -0.39 is 0 Å². The van der Waals surface area contributed by atoms with Gasteiger partial charge in [-0.05, 0) is 35.7 Å². The number of hydrogen-bond acceptors (Lipinski definition) is 5. The molecule has 0 spiro atoms. The molecule has 23 heavy (non-hydrogen) atoms. The third-order valence-corrected chi connectivity index (χ3v) is 5.63. The molecule has 2 aromatic heterocycles. The fourth-order valence-corrected chi connectivity index (χ4v) is 3.99. The van der Waals surface area contributed by atoms with E-state index >= 15 is 0 Å². The maximum Gasteiger partial charge on any atom is 0.101 e. The molecule has 0 radical (unpaired) electrons. The van der Waals surface area contributed by atoms with Crippen LogP contribution < -0.4 is 5.01 Å². The molecule has 1 unspecified atom stereocenters. The lowest BCUT2D eigenvalue weighted by Gasteiger charge is -2.17. The number of anilines is 1. The van der Waals surface area contributed by atoms with E-state index in [1.807, 2.05) is 29.4 Å². The number of hydrazone groups is 1. The summed E-state index contributed by atoms with van der Waals surface area (Å²) in [6.07, 6.45) is 2.24. The average Bonchev–Trinajstić information content (AvgIpc) is 3.05. The summed E-state index contributed by atoms with van der Waals surface area (Å²) in [7, 11) is 0. The molecule has 3 nitrogen and oxygen atoms in total. The third kappa shape index (κ3) is 3.69. The molecule has 0 N–H and O–H groups in total. The van der Waals surface area contributed by atoms with Gasteiger partial charge in [-0.3, -0.25) is 5.01 Å². The summed E-state index contributed by atoms with van der Waals surface area (Å²) in [5.41, 5.74) is 1.09. The van der Waals surface area contributed by atoms with Gasteiger partial charge in [0.1, 0.15) is 6.10 Å². The minimum atomic E-state index is 0.303. The van der Waals surface area contributed by atoms with E-state index in [1.165, 1.54) is 9.75 Å². The van der Waals surface area contributed by atoms with Gasteiger partial charge in [-0.25, -0.2) is 0 Å². The number of benzene rings is 1. The molecule has 1 aromatic carbocycles. The highest BCUT2D eigenvalue weighted by Crippen LogP contribution is 2.31. The van der Waals surface area contributed by atoms with Crippen LogP contribution in [-0.4, -0.2) is 25.5 Å². The van der Waals surface area contributed by atoms with Gasteiger partial charge in [0.2, 0.25) is 0 Å². The summed E-state index contributed by atoms with van der Waals surface area (Å²) < 4.78 is 5.35. The lowest BCUT2D eigenvalue weighted by atomic mass is 10.3. The molecule has 5 heteroatoms. The summed E-state index contributed by atoms with van der Waals surface area (Å²) in [6.45, 7) is 1.63. The van der Waals surface area contributed by atoms with Crippen LogP contribution in [0.3, 0.4) is 0 Å². The van der Waals surface area contributed by atoms with Crippen LogP contribution in [0.4, 0.5) is 5.69 Å². The number of ether oxygens (including phenoxy) is 1. The Balaban J connectivity index is 1.52. The van der Waals surface area contributed by atoms with Crippen molar-refractivity contribution in [3.63, 3.8) is 0 Å². The van der Waals surface area contributed by atoms with E-state index in [0.29, 0.717) is 6.10 Å². The van der Waals surface area contributed by atoms with Crippen molar-refractivity contribution in [1.82, 2.24) is 0 Å². The molecular weight excluding hydrogens is 324 g/mol. The molecule has 1 fully saturated rings. The Morgan fingerprint density at radius 2 is 1.96 bits per heavy atom. The molecule has 1 aliphatic heterocycles. The van der Waals surface area contributed by atoms with Crippen molar-refractivity contribution in [2.24, 2.45) is 5.10 Å². The molecule has 3 heterocycles. The second-order valence-electron chi connectivity index (χ2n) is 5.30.